The van der Waals surface area contributed by atoms with E-state index < -0.39 is 5.97 Å². The molecule has 0 radical (unpaired) electrons. The molecule has 0 fully saturated rings. The maximum absolute atomic E-state index is 10.6. The number of fused-ring (bicyclic) bond motifs is 1. The van der Waals surface area contributed by atoms with Gasteiger partial charge >= 0.3 is 5.97 Å². The number of hydrogen-bond acceptors (Lipinski definition) is 2. The third-order valence-corrected chi connectivity index (χ3v) is 4.88. The average molecular weight is 245 g/mol. The van der Waals surface area contributed by atoms with Crippen molar-refractivity contribution in [1.29, 1.82) is 0 Å². The lowest BCUT2D eigenvalue weighted by Gasteiger charge is -2.07. The van der Waals surface area contributed by atoms with Gasteiger partial charge in [-0.15, -0.1) is 11.3 Å². The van der Waals surface area contributed by atoms with Crippen LogP contribution >= 0.6 is 22.9 Å². The van der Waals surface area contributed by atoms with Crippen molar-refractivity contribution in [3.8, 4) is 0 Å². The molecule has 1 aromatic heterocycles. The van der Waals surface area contributed by atoms with Crippen molar-refractivity contribution >= 4 is 28.9 Å². The molecule has 1 atom stereocenters. The van der Waals surface area contributed by atoms with Gasteiger partial charge in [-0.3, -0.25) is 4.79 Å². The van der Waals surface area contributed by atoms with Crippen molar-refractivity contribution in [1.82, 2.24) is 0 Å². The molecule has 0 amide bonds. The van der Waals surface area contributed by atoms with Gasteiger partial charge in [-0.25, -0.2) is 0 Å². The van der Waals surface area contributed by atoms with Crippen LogP contribution in [0.3, 0.4) is 0 Å². The van der Waals surface area contributed by atoms with Gasteiger partial charge in [-0.1, -0.05) is 18.5 Å². The van der Waals surface area contributed by atoms with Gasteiger partial charge in [-0.05, 0) is 24.8 Å². The van der Waals surface area contributed by atoms with Crippen LogP contribution in [-0.2, 0) is 17.6 Å². The SMILES string of the molecule is CC(CC(=O)O)c1sc2c(c1Cl)CCC2. The number of carboxylic acids is 1. The van der Waals surface area contributed by atoms with Crippen LogP contribution < -0.4 is 0 Å². The zero-order chi connectivity index (χ0) is 11.0. The minimum absolute atomic E-state index is 0.0330. The summed E-state index contributed by atoms with van der Waals surface area (Å²) in [5, 5.41) is 9.58. The van der Waals surface area contributed by atoms with Crippen LogP contribution in [0.15, 0.2) is 0 Å². The van der Waals surface area contributed by atoms with E-state index in [1.807, 2.05) is 6.92 Å². The second kappa shape index (κ2) is 4.14. The van der Waals surface area contributed by atoms with Gasteiger partial charge in [0.15, 0.2) is 0 Å². The van der Waals surface area contributed by atoms with E-state index in [1.54, 1.807) is 11.3 Å². The second-order valence-electron chi connectivity index (χ2n) is 4.03. The number of thiophene rings is 1. The standard InChI is InChI=1S/C11H13ClO2S/c1-6(5-9(13)14)11-10(12)7-3-2-4-8(7)15-11/h6H,2-5H2,1H3,(H,13,14). The zero-order valence-corrected chi connectivity index (χ0v) is 10.1. The number of carboxylic acid groups (broad SMARTS) is 1. The summed E-state index contributed by atoms with van der Waals surface area (Å²) < 4.78 is 0. The molecule has 1 N–H and O–H groups in total. The van der Waals surface area contributed by atoms with Gasteiger partial charge in [0.05, 0.1) is 11.4 Å². The highest BCUT2D eigenvalue weighted by atomic mass is 35.5. The number of aliphatic carboxylic acids is 1. The summed E-state index contributed by atoms with van der Waals surface area (Å²) >= 11 is 7.97. The fraction of sp³-hybridized carbons (Fsp3) is 0.545. The normalized spacial score (nSPS) is 16.4. The van der Waals surface area contributed by atoms with Gasteiger partial charge in [0.2, 0.25) is 0 Å². The van der Waals surface area contributed by atoms with Crippen molar-refractivity contribution in [2.45, 2.75) is 38.5 Å². The summed E-state index contributed by atoms with van der Waals surface area (Å²) in [7, 11) is 0. The number of carbonyl (C=O) groups is 1. The van der Waals surface area contributed by atoms with Crippen LogP contribution in [0.4, 0.5) is 0 Å². The Bertz CT molecular complexity index is 398. The third-order valence-electron chi connectivity index (χ3n) is 2.81. The van der Waals surface area contributed by atoms with Crippen molar-refractivity contribution < 1.29 is 9.90 Å². The third kappa shape index (κ3) is 2.04. The molecule has 0 spiro atoms. The molecule has 82 valence electrons. The molecule has 2 nitrogen and oxygen atoms in total. The van der Waals surface area contributed by atoms with Gasteiger partial charge in [0.25, 0.3) is 0 Å². The maximum atomic E-state index is 10.6. The molecule has 1 aliphatic carbocycles. The van der Waals surface area contributed by atoms with E-state index in [0.717, 1.165) is 22.7 Å². The van der Waals surface area contributed by atoms with Gasteiger partial charge < -0.3 is 5.11 Å². The van der Waals surface area contributed by atoms with E-state index in [4.69, 9.17) is 16.7 Å². The molecule has 2 rings (SSSR count). The van der Waals surface area contributed by atoms with Crippen molar-refractivity contribution in [3.63, 3.8) is 0 Å². The number of halogens is 1. The summed E-state index contributed by atoms with van der Waals surface area (Å²) in [6.07, 6.45) is 3.53. The average Bonchev–Trinajstić information content (AvgIpc) is 2.67. The molecule has 0 aliphatic heterocycles. The molecule has 0 bridgehead atoms. The van der Waals surface area contributed by atoms with Crippen LogP contribution in [0.5, 0.6) is 0 Å². The van der Waals surface area contributed by atoms with Crippen LogP contribution in [0.25, 0.3) is 0 Å². The Morgan fingerprint density at radius 2 is 2.33 bits per heavy atom. The quantitative estimate of drug-likeness (QED) is 0.884. The van der Waals surface area contributed by atoms with Crippen molar-refractivity contribution in [2.24, 2.45) is 0 Å². The molecular weight excluding hydrogens is 232 g/mol. The summed E-state index contributed by atoms with van der Waals surface area (Å²) in [5.41, 5.74) is 1.27. The van der Waals surface area contributed by atoms with Crippen LogP contribution in [0, 0.1) is 0 Å². The molecule has 1 aliphatic rings. The molecule has 0 aromatic carbocycles. The molecule has 4 heteroatoms. The highest BCUT2D eigenvalue weighted by Crippen LogP contribution is 2.42. The van der Waals surface area contributed by atoms with Crippen LogP contribution in [0.2, 0.25) is 5.02 Å². The van der Waals surface area contributed by atoms with E-state index >= 15 is 0 Å². The molecule has 1 unspecified atom stereocenters. The Kier molecular flexibility index (Phi) is 3.03. The summed E-state index contributed by atoms with van der Waals surface area (Å²) in [5.74, 6) is -0.724. The highest BCUT2D eigenvalue weighted by molar-refractivity contribution is 7.13. The van der Waals surface area contributed by atoms with E-state index in [-0.39, 0.29) is 12.3 Å². The van der Waals surface area contributed by atoms with Gasteiger partial charge in [-0.2, -0.15) is 0 Å². The van der Waals surface area contributed by atoms with Crippen molar-refractivity contribution in [3.05, 3.63) is 20.3 Å². The Morgan fingerprint density at radius 1 is 1.60 bits per heavy atom. The van der Waals surface area contributed by atoms with E-state index in [1.165, 1.54) is 16.9 Å². The predicted molar refractivity (Wildman–Crippen MR) is 62.0 cm³/mol. The number of rotatable bonds is 3. The molecule has 1 aromatic rings. The first kappa shape index (κ1) is 11.0. The second-order valence-corrected chi connectivity index (χ2v) is 5.55. The lowest BCUT2D eigenvalue weighted by atomic mass is 10.1. The lowest BCUT2D eigenvalue weighted by Crippen LogP contribution is -2.01. The number of hydrogen-bond donors (Lipinski definition) is 1. The van der Waals surface area contributed by atoms with E-state index in [2.05, 4.69) is 0 Å². The lowest BCUT2D eigenvalue weighted by molar-refractivity contribution is -0.137. The summed E-state index contributed by atoms with van der Waals surface area (Å²) in [6.45, 7) is 1.93. The monoisotopic (exact) mass is 244 g/mol. The fourth-order valence-corrected chi connectivity index (χ4v) is 3.96. The molecule has 15 heavy (non-hydrogen) atoms. The first-order valence-corrected chi connectivity index (χ1v) is 6.30. The Labute approximate surface area is 97.9 Å². The predicted octanol–water partition coefficient (Wildman–Crippen LogP) is 3.47. The Morgan fingerprint density at radius 3 is 2.93 bits per heavy atom. The van der Waals surface area contributed by atoms with Crippen LogP contribution in [0.1, 0.15) is 41.0 Å². The Balaban J connectivity index is 2.25. The summed E-state index contributed by atoms with van der Waals surface area (Å²) in [4.78, 5) is 13.1. The molecule has 1 heterocycles. The maximum Gasteiger partial charge on any atom is 0.303 e. The van der Waals surface area contributed by atoms with Gasteiger partial charge in [0.1, 0.15) is 0 Å². The van der Waals surface area contributed by atoms with Crippen LogP contribution in [-0.4, -0.2) is 11.1 Å². The van der Waals surface area contributed by atoms with Crippen molar-refractivity contribution in [2.75, 3.05) is 0 Å². The Hall–Kier alpha value is -0.540. The molecular formula is C11H13ClO2S. The summed E-state index contributed by atoms with van der Waals surface area (Å²) in [6, 6.07) is 0. The first-order chi connectivity index (χ1) is 7.09. The zero-order valence-electron chi connectivity index (χ0n) is 8.55. The topological polar surface area (TPSA) is 37.3 Å². The number of aryl methyl sites for hydroxylation is 1. The van der Waals surface area contributed by atoms with E-state index in [0.29, 0.717) is 0 Å². The minimum Gasteiger partial charge on any atom is -0.481 e. The minimum atomic E-state index is -0.757. The molecule has 0 saturated carbocycles. The first-order valence-electron chi connectivity index (χ1n) is 5.11. The van der Waals surface area contributed by atoms with Gasteiger partial charge in [0, 0.05) is 15.7 Å². The fourth-order valence-electron chi connectivity index (χ4n) is 2.06. The largest absolute Gasteiger partial charge is 0.481 e. The smallest absolute Gasteiger partial charge is 0.303 e. The van der Waals surface area contributed by atoms with E-state index in [9.17, 15) is 4.79 Å². The molecule has 0 saturated heterocycles. The highest BCUT2D eigenvalue weighted by Gasteiger charge is 2.24.